The Kier molecular flexibility index (Phi) is 4.32. The van der Waals surface area contributed by atoms with E-state index in [4.69, 9.17) is 4.74 Å². The van der Waals surface area contributed by atoms with E-state index in [1.165, 1.54) is 20.9 Å². The summed E-state index contributed by atoms with van der Waals surface area (Å²) in [6.07, 6.45) is 1.09. The highest BCUT2D eigenvalue weighted by atomic mass is 32.2. The largest absolute Gasteiger partial charge is 0.496 e. The lowest BCUT2D eigenvalue weighted by Gasteiger charge is -2.07. The molecule has 2 heteroatoms. The molecule has 0 unspecified atom stereocenters. The molecule has 0 fully saturated rings. The van der Waals surface area contributed by atoms with Crippen molar-refractivity contribution in [2.24, 2.45) is 0 Å². The Morgan fingerprint density at radius 3 is 2.22 bits per heavy atom. The molecule has 0 bridgehead atoms. The first-order valence-electron chi connectivity index (χ1n) is 6.14. The SMILES string of the molecule is CCc1ccc(Sc2ccc(OC)c(C)c2)cc1. The molecule has 0 amide bonds. The topological polar surface area (TPSA) is 9.23 Å². The molecule has 0 spiro atoms. The molecule has 0 atom stereocenters. The molecule has 94 valence electrons. The zero-order valence-corrected chi connectivity index (χ0v) is 11.9. The fourth-order valence-electron chi connectivity index (χ4n) is 1.84. The molecule has 1 nitrogen and oxygen atoms in total. The molecule has 2 aromatic rings. The Hall–Kier alpha value is -1.41. The van der Waals surface area contributed by atoms with Gasteiger partial charge < -0.3 is 4.74 Å². The van der Waals surface area contributed by atoms with Crippen LogP contribution in [-0.2, 0) is 6.42 Å². The third-order valence-electron chi connectivity index (χ3n) is 2.93. The van der Waals surface area contributed by atoms with Crippen molar-refractivity contribution in [2.45, 2.75) is 30.1 Å². The van der Waals surface area contributed by atoms with E-state index in [9.17, 15) is 0 Å². The van der Waals surface area contributed by atoms with Crippen LogP contribution in [-0.4, -0.2) is 7.11 Å². The second kappa shape index (κ2) is 5.96. The van der Waals surface area contributed by atoms with Gasteiger partial charge in [-0.3, -0.25) is 0 Å². The van der Waals surface area contributed by atoms with Crippen LogP contribution >= 0.6 is 11.8 Å². The molecule has 0 aliphatic heterocycles. The van der Waals surface area contributed by atoms with Crippen molar-refractivity contribution in [1.29, 1.82) is 0 Å². The Morgan fingerprint density at radius 1 is 1.00 bits per heavy atom. The van der Waals surface area contributed by atoms with E-state index < -0.39 is 0 Å². The van der Waals surface area contributed by atoms with Gasteiger partial charge in [-0.05, 0) is 54.8 Å². The zero-order chi connectivity index (χ0) is 13.0. The molecule has 18 heavy (non-hydrogen) atoms. The van der Waals surface area contributed by atoms with Crippen LogP contribution in [0.4, 0.5) is 0 Å². The molecular formula is C16H18OS. The number of rotatable bonds is 4. The van der Waals surface area contributed by atoms with E-state index in [2.05, 4.69) is 50.2 Å². The van der Waals surface area contributed by atoms with E-state index in [0.717, 1.165) is 12.2 Å². The van der Waals surface area contributed by atoms with Crippen LogP contribution in [0.1, 0.15) is 18.1 Å². The normalized spacial score (nSPS) is 10.4. The number of hydrogen-bond donors (Lipinski definition) is 0. The smallest absolute Gasteiger partial charge is 0.121 e. The second-order valence-electron chi connectivity index (χ2n) is 4.23. The molecule has 0 heterocycles. The molecule has 0 aromatic heterocycles. The fourth-order valence-corrected chi connectivity index (χ4v) is 2.76. The molecule has 0 saturated carbocycles. The fraction of sp³-hybridized carbons (Fsp3) is 0.250. The van der Waals surface area contributed by atoms with Crippen LogP contribution in [0.25, 0.3) is 0 Å². The number of aryl methyl sites for hydroxylation is 2. The molecule has 0 aliphatic carbocycles. The summed E-state index contributed by atoms with van der Waals surface area (Å²) in [6.45, 7) is 4.25. The van der Waals surface area contributed by atoms with Gasteiger partial charge in [-0.2, -0.15) is 0 Å². The lowest BCUT2D eigenvalue weighted by Crippen LogP contribution is -1.86. The Balaban J connectivity index is 2.15. The van der Waals surface area contributed by atoms with E-state index in [1.54, 1.807) is 18.9 Å². The van der Waals surface area contributed by atoms with Crippen molar-refractivity contribution in [2.75, 3.05) is 7.11 Å². The highest BCUT2D eigenvalue weighted by Gasteiger charge is 2.02. The van der Waals surface area contributed by atoms with Gasteiger partial charge in [0.05, 0.1) is 7.11 Å². The third kappa shape index (κ3) is 3.08. The Labute approximate surface area is 113 Å². The van der Waals surface area contributed by atoms with Crippen LogP contribution in [0.5, 0.6) is 5.75 Å². The van der Waals surface area contributed by atoms with Crippen LogP contribution < -0.4 is 4.74 Å². The van der Waals surface area contributed by atoms with Gasteiger partial charge >= 0.3 is 0 Å². The highest BCUT2D eigenvalue weighted by Crippen LogP contribution is 2.31. The molecule has 0 saturated heterocycles. The first-order chi connectivity index (χ1) is 8.72. The predicted octanol–water partition coefficient (Wildman–Crippen LogP) is 4.72. The summed E-state index contributed by atoms with van der Waals surface area (Å²) in [4.78, 5) is 2.52. The van der Waals surface area contributed by atoms with Crippen LogP contribution in [0.2, 0.25) is 0 Å². The van der Waals surface area contributed by atoms with E-state index in [1.807, 2.05) is 6.07 Å². The molecule has 2 rings (SSSR count). The monoisotopic (exact) mass is 258 g/mol. The molecule has 2 aromatic carbocycles. The summed E-state index contributed by atoms with van der Waals surface area (Å²) in [5, 5.41) is 0. The Bertz CT molecular complexity index is 517. The summed E-state index contributed by atoms with van der Waals surface area (Å²) in [7, 11) is 1.71. The van der Waals surface area contributed by atoms with Crippen LogP contribution in [0, 0.1) is 6.92 Å². The average molecular weight is 258 g/mol. The number of ether oxygens (including phenoxy) is 1. The zero-order valence-electron chi connectivity index (χ0n) is 11.1. The second-order valence-corrected chi connectivity index (χ2v) is 5.38. The van der Waals surface area contributed by atoms with E-state index in [-0.39, 0.29) is 0 Å². The summed E-state index contributed by atoms with van der Waals surface area (Å²) in [5.74, 6) is 0.945. The molecule has 0 aliphatic rings. The van der Waals surface area contributed by atoms with Gasteiger partial charge in [0, 0.05) is 9.79 Å². The van der Waals surface area contributed by atoms with Crippen molar-refractivity contribution < 1.29 is 4.74 Å². The maximum absolute atomic E-state index is 5.27. The minimum absolute atomic E-state index is 0.945. The van der Waals surface area contributed by atoms with Crippen molar-refractivity contribution in [1.82, 2.24) is 0 Å². The van der Waals surface area contributed by atoms with Crippen LogP contribution in [0.3, 0.4) is 0 Å². The van der Waals surface area contributed by atoms with E-state index >= 15 is 0 Å². The van der Waals surface area contributed by atoms with Gasteiger partial charge in [0.1, 0.15) is 5.75 Å². The van der Waals surface area contributed by atoms with Gasteiger partial charge in [0.2, 0.25) is 0 Å². The first kappa shape index (κ1) is 13.0. The number of methoxy groups -OCH3 is 1. The van der Waals surface area contributed by atoms with Gasteiger partial charge in [0.25, 0.3) is 0 Å². The van der Waals surface area contributed by atoms with Gasteiger partial charge in [-0.15, -0.1) is 0 Å². The lowest BCUT2D eigenvalue weighted by atomic mass is 10.2. The van der Waals surface area contributed by atoms with Crippen molar-refractivity contribution >= 4 is 11.8 Å². The minimum atomic E-state index is 0.945. The summed E-state index contributed by atoms with van der Waals surface area (Å²) < 4.78 is 5.27. The number of benzene rings is 2. The van der Waals surface area contributed by atoms with Crippen molar-refractivity contribution in [3.05, 3.63) is 53.6 Å². The van der Waals surface area contributed by atoms with Gasteiger partial charge in [-0.1, -0.05) is 30.8 Å². The standard InChI is InChI=1S/C16H18OS/c1-4-13-5-7-14(8-6-13)18-15-9-10-16(17-3)12(2)11-15/h5-11H,4H2,1-3H3. The first-order valence-corrected chi connectivity index (χ1v) is 6.96. The van der Waals surface area contributed by atoms with E-state index in [0.29, 0.717) is 0 Å². The summed E-state index contributed by atoms with van der Waals surface area (Å²) in [5.41, 5.74) is 2.55. The number of hydrogen-bond acceptors (Lipinski definition) is 2. The van der Waals surface area contributed by atoms with Crippen molar-refractivity contribution in [3.63, 3.8) is 0 Å². The minimum Gasteiger partial charge on any atom is -0.496 e. The highest BCUT2D eigenvalue weighted by molar-refractivity contribution is 7.99. The molecule has 0 radical (unpaired) electrons. The maximum Gasteiger partial charge on any atom is 0.121 e. The predicted molar refractivity (Wildman–Crippen MR) is 77.7 cm³/mol. The van der Waals surface area contributed by atoms with Crippen molar-refractivity contribution in [3.8, 4) is 5.75 Å². The van der Waals surface area contributed by atoms with Gasteiger partial charge in [-0.25, -0.2) is 0 Å². The summed E-state index contributed by atoms with van der Waals surface area (Å²) >= 11 is 1.78. The molecule has 0 N–H and O–H groups in total. The quantitative estimate of drug-likeness (QED) is 0.785. The third-order valence-corrected chi connectivity index (χ3v) is 3.93. The van der Waals surface area contributed by atoms with Crippen LogP contribution in [0.15, 0.2) is 52.3 Å². The average Bonchev–Trinajstić information content (AvgIpc) is 2.40. The maximum atomic E-state index is 5.27. The summed E-state index contributed by atoms with van der Waals surface area (Å²) in [6, 6.07) is 15.0. The Morgan fingerprint density at radius 2 is 1.67 bits per heavy atom. The van der Waals surface area contributed by atoms with Gasteiger partial charge in [0.15, 0.2) is 0 Å². The lowest BCUT2D eigenvalue weighted by molar-refractivity contribution is 0.411. The molecular weight excluding hydrogens is 240 g/mol.